The SMILES string of the molecule is CC1CCC(C2CCC(c3cccc(F)c3F)CC2)CC1. The van der Waals surface area contributed by atoms with Crippen LogP contribution in [0.5, 0.6) is 0 Å². The second-order valence-corrected chi connectivity index (χ2v) is 7.27. The van der Waals surface area contributed by atoms with Crippen molar-refractivity contribution in [1.29, 1.82) is 0 Å². The average molecular weight is 292 g/mol. The fourth-order valence-corrected chi connectivity index (χ4v) is 4.49. The van der Waals surface area contributed by atoms with Crippen molar-refractivity contribution in [1.82, 2.24) is 0 Å². The minimum Gasteiger partial charge on any atom is -0.204 e. The molecule has 0 radical (unpaired) electrons. The zero-order chi connectivity index (χ0) is 14.8. The van der Waals surface area contributed by atoms with Crippen molar-refractivity contribution < 1.29 is 8.78 Å². The molecule has 0 aromatic heterocycles. The Kier molecular flexibility index (Phi) is 4.61. The molecule has 1 aromatic rings. The summed E-state index contributed by atoms with van der Waals surface area (Å²) in [5.41, 5.74) is 0.603. The summed E-state index contributed by atoms with van der Waals surface area (Å²) in [6, 6.07) is 4.63. The van der Waals surface area contributed by atoms with Crippen molar-refractivity contribution in [3.63, 3.8) is 0 Å². The summed E-state index contributed by atoms with van der Waals surface area (Å²) in [7, 11) is 0. The number of hydrogen-bond donors (Lipinski definition) is 0. The minimum absolute atomic E-state index is 0.222. The van der Waals surface area contributed by atoms with Gasteiger partial charge in [0.2, 0.25) is 0 Å². The molecule has 0 atom stereocenters. The van der Waals surface area contributed by atoms with Crippen LogP contribution in [0.2, 0.25) is 0 Å². The van der Waals surface area contributed by atoms with Crippen LogP contribution in [0.4, 0.5) is 8.78 Å². The van der Waals surface area contributed by atoms with E-state index in [0.717, 1.165) is 30.6 Å². The molecule has 0 spiro atoms. The first-order chi connectivity index (χ1) is 10.1. The van der Waals surface area contributed by atoms with Gasteiger partial charge in [-0.25, -0.2) is 8.78 Å². The smallest absolute Gasteiger partial charge is 0.162 e. The Morgan fingerprint density at radius 3 is 2.00 bits per heavy atom. The van der Waals surface area contributed by atoms with Crippen molar-refractivity contribution in [2.24, 2.45) is 17.8 Å². The van der Waals surface area contributed by atoms with Crippen molar-refractivity contribution in [2.45, 2.75) is 64.2 Å². The Labute approximate surface area is 126 Å². The van der Waals surface area contributed by atoms with Gasteiger partial charge in [0.25, 0.3) is 0 Å². The summed E-state index contributed by atoms with van der Waals surface area (Å²) in [5.74, 6) is 1.52. The highest BCUT2D eigenvalue weighted by atomic mass is 19.2. The summed E-state index contributed by atoms with van der Waals surface area (Å²) in [4.78, 5) is 0. The van der Waals surface area contributed by atoms with Crippen LogP contribution in [0.3, 0.4) is 0 Å². The van der Waals surface area contributed by atoms with Gasteiger partial charge in [-0.05, 0) is 73.8 Å². The fraction of sp³-hybridized carbons (Fsp3) is 0.684. The monoisotopic (exact) mass is 292 g/mol. The molecule has 2 fully saturated rings. The van der Waals surface area contributed by atoms with Crippen LogP contribution in [0, 0.1) is 29.4 Å². The second kappa shape index (κ2) is 6.46. The first-order valence-electron chi connectivity index (χ1n) is 8.59. The lowest BCUT2D eigenvalue weighted by atomic mass is 9.68. The van der Waals surface area contributed by atoms with E-state index in [4.69, 9.17) is 0 Å². The summed E-state index contributed by atoms with van der Waals surface area (Å²) < 4.78 is 27.3. The molecular formula is C19H26F2. The molecule has 2 aliphatic rings. The number of rotatable bonds is 2. The predicted octanol–water partition coefficient (Wildman–Crippen LogP) is 6.06. The Balaban J connectivity index is 1.59. The average Bonchev–Trinajstić information content (AvgIpc) is 2.51. The van der Waals surface area contributed by atoms with Gasteiger partial charge >= 0.3 is 0 Å². The first-order valence-corrected chi connectivity index (χ1v) is 8.59. The van der Waals surface area contributed by atoms with Crippen LogP contribution in [0.25, 0.3) is 0 Å². The van der Waals surface area contributed by atoms with Crippen molar-refractivity contribution >= 4 is 0 Å². The molecule has 116 valence electrons. The summed E-state index contributed by atoms with van der Waals surface area (Å²) >= 11 is 0. The van der Waals surface area contributed by atoms with E-state index < -0.39 is 11.6 Å². The van der Waals surface area contributed by atoms with E-state index in [1.54, 1.807) is 12.1 Å². The molecule has 2 saturated carbocycles. The standard InChI is InChI=1S/C19H26F2/c1-13-5-7-14(8-6-13)15-9-11-16(12-10-15)17-3-2-4-18(20)19(17)21/h2-4,13-16H,5-12H2,1H3. The third-order valence-electron chi connectivity index (χ3n) is 5.92. The van der Waals surface area contributed by atoms with Crippen LogP contribution in [-0.4, -0.2) is 0 Å². The zero-order valence-electron chi connectivity index (χ0n) is 13.0. The molecule has 1 aromatic carbocycles. The topological polar surface area (TPSA) is 0 Å². The molecule has 0 bridgehead atoms. The maximum absolute atomic E-state index is 13.9. The minimum atomic E-state index is -0.698. The second-order valence-electron chi connectivity index (χ2n) is 7.27. The lowest BCUT2D eigenvalue weighted by Gasteiger charge is -2.37. The normalized spacial score (nSPS) is 33.9. The molecule has 0 saturated heterocycles. The fourth-order valence-electron chi connectivity index (χ4n) is 4.49. The molecule has 0 nitrogen and oxygen atoms in total. The molecule has 21 heavy (non-hydrogen) atoms. The lowest BCUT2D eigenvalue weighted by molar-refractivity contribution is 0.164. The van der Waals surface area contributed by atoms with E-state index in [1.165, 1.54) is 44.6 Å². The van der Waals surface area contributed by atoms with Gasteiger partial charge in [0, 0.05) is 0 Å². The van der Waals surface area contributed by atoms with Crippen LogP contribution < -0.4 is 0 Å². The molecule has 2 heteroatoms. The van der Waals surface area contributed by atoms with E-state index in [-0.39, 0.29) is 5.92 Å². The largest absolute Gasteiger partial charge is 0.204 e. The predicted molar refractivity (Wildman–Crippen MR) is 82.2 cm³/mol. The van der Waals surface area contributed by atoms with Crippen molar-refractivity contribution in [2.75, 3.05) is 0 Å². The molecular weight excluding hydrogens is 266 g/mol. The Bertz CT molecular complexity index is 466. The Hall–Kier alpha value is -0.920. The van der Waals surface area contributed by atoms with Gasteiger partial charge in [0.05, 0.1) is 0 Å². The van der Waals surface area contributed by atoms with E-state index in [1.807, 2.05) is 0 Å². The maximum atomic E-state index is 13.9. The van der Waals surface area contributed by atoms with Gasteiger partial charge in [-0.3, -0.25) is 0 Å². The quantitative estimate of drug-likeness (QED) is 0.621. The van der Waals surface area contributed by atoms with Gasteiger partial charge in [0.1, 0.15) is 0 Å². The van der Waals surface area contributed by atoms with Gasteiger partial charge in [-0.1, -0.05) is 31.9 Å². The number of halogens is 2. The van der Waals surface area contributed by atoms with E-state index in [2.05, 4.69) is 6.92 Å². The molecule has 0 amide bonds. The van der Waals surface area contributed by atoms with Gasteiger partial charge in [-0.2, -0.15) is 0 Å². The van der Waals surface area contributed by atoms with Gasteiger partial charge in [-0.15, -0.1) is 0 Å². The van der Waals surface area contributed by atoms with Crippen LogP contribution in [0.1, 0.15) is 69.8 Å². The molecule has 2 aliphatic carbocycles. The molecule has 0 aliphatic heterocycles. The summed E-state index contributed by atoms with van der Waals surface area (Å²) in [6.45, 7) is 2.36. The van der Waals surface area contributed by atoms with Crippen LogP contribution >= 0.6 is 0 Å². The third kappa shape index (κ3) is 3.30. The first kappa shape index (κ1) is 15.0. The van der Waals surface area contributed by atoms with E-state index >= 15 is 0 Å². The molecule has 0 heterocycles. The summed E-state index contributed by atoms with van der Waals surface area (Å²) in [6.07, 6.45) is 9.95. The Morgan fingerprint density at radius 1 is 0.810 bits per heavy atom. The van der Waals surface area contributed by atoms with E-state index in [0.29, 0.717) is 5.56 Å². The van der Waals surface area contributed by atoms with Crippen LogP contribution in [0.15, 0.2) is 18.2 Å². The molecule has 3 rings (SSSR count). The molecule has 0 N–H and O–H groups in total. The van der Waals surface area contributed by atoms with Crippen molar-refractivity contribution in [3.05, 3.63) is 35.4 Å². The zero-order valence-corrected chi connectivity index (χ0v) is 13.0. The van der Waals surface area contributed by atoms with Crippen molar-refractivity contribution in [3.8, 4) is 0 Å². The maximum Gasteiger partial charge on any atom is 0.162 e. The highest BCUT2D eigenvalue weighted by Gasteiger charge is 2.31. The number of hydrogen-bond acceptors (Lipinski definition) is 0. The highest BCUT2D eigenvalue weighted by molar-refractivity contribution is 5.23. The Morgan fingerprint density at radius 2 is 1.38 bits per heavy atom. The van der Waals surface area contributed by atoms with Gasteiger partial charge < -0.3 is 0 Å². The number of benzene rings is 1. The lowest BCUT2D eigenvalue weighted by Crippen LogP contribution is -2.25. The van der Waals surface area contributed by atoms with Gasteiger partial charge in [0.15, 0.2) is 11.6 Å². The summed E-state index contributed by atoms with van der Waals surface area (Å²) in [5, 5.41) is 0. The van der Waals surface area contributed by atoms with E-state index in [9.17, 15) is 8.78 Å². The highest BCUT2D eigenvalue weighted by Crippen LogP contribution is 2.44. The van der Waals surface area contributed by atoms with Crippen LogP contribution in [-0.2, 0) is 0 Å². The third-order valence-corrected chi connectivity index (χ3v) is 5.92. The molecule has 0 unspecified atom stereocenters.